The molecular formula is C12H13ClN2. The summed E-state index contributed by atoms with van der Waals surface area (Å²) in [5.74, 6) is 0. The van der Waals surface area contributed by atoms with Crippen LogP contribution in [0.25, 0.3) is 0 Å². The molecule has 0 aliphatic heterocycles. The van der Waals surface area contributed by atoms with Crippen molar-refractivity contribution in [3.63, 3.8) is 0 Å². The van der Waals surface area contributed by atoms with Crippen molar-refractivity contribution >= 4 is 5.69 Å². The molecule has 1 aromatic heterocycles. The van der Waals surface area contributed by atoms with E-state index in [1.165, 1.54) is 5.56 Å². The lowest BCUT2D eigenvalue weighted by Gasteiger charge is -1.97. The number of nitrogens with zero attached hydrogens (tertiary/aromatic N) is 1. The molecular weight excluding hydrogens is 208 g/mol. The third-order valence-corrected chi connectivity index (χ3v) is 2.09. The minimum atomic E-state index is 0. The van der Waals surface area contributed by atoms with Crippen LogP contribution in [0.1, 0.15) is 5.56 Å². The number of benzene rings is 1. The van der Waals surface area contributed by atoms with Crippen molar-refractivity contribution in [2.24, 2.45) is 0 Å². The quantitative estimate of drug-likeness (QED) is 0.621. The van der Waals surface area contributed by atoms with Crippen molar-refractivity contribution in [3.8, 4) is 0 Å². The molecule has 0 fully saturated rings. The summed E-state index contributed by atoms with van der Waals surface area (Å²) in [6.07, 6.45) is 3.95. The summed E-state index contributed by atoms with van der Waals surface area (Å²) in [6.45, 7) is 0.867. The van der Waals surface area contributed by atoms with Gasteiger partial charge in [-0.1, -0.05) is 30.3 Å². The molecule has 0 aliphatic carbocycles. The number of nitrogens with two attached hydrogens (primary N) is 1. The van der Waals surface area contributed by atoms with Crippen molar-refractivity contribution in [2.75, 3.05) is 5.73 Å². The summed E-state index contributed by atoms with van der Waals surface area (Å²) < 4.78 is 2.07. The number of rotatable bonds is 2. The van der Waals surface area contributed by atoms with Gasteiger partial charge in [0.1, 0.15) is 0 Å². The van der Waals surface area contributed by atoms with E-state index in [2.05, 4.69) is 16.7 Å². The normalized spacial score (nSPS) is 9.33. The van der Waals surface area contributed by atoms with E-state index < -0.39 is 0 Å². The maximum absolute atomic E-state index is 5.69. The number of hydrogen-bond donors (Lipinski definition) is 1. The van der Waals surface area contributed by atoms with Crippen LogP contribution in [0, 0.1) is 0 Å². The van der Waals surface area contributed by atoms with Gasteiger partial charge >= 0.3 is 0 Å². The van der Waals surface area contributed by atoms with Gasteiger partial charge in [0.25, 0.3) is 0 Å². The number of aromatic nitrogens is 1. The van der Waals surface area contributed by atoms with Crippen LogP contribution in [-0.4, -0.2) is 0 Å². The van der Waals surface area contributed by atoms with E-state index in [1.807, 2.05) is 42.7 Å². The summed E-state index contributed by atoms with van der Waals surface area (Å²) in [4.78, 5) is 0. The topological polar surface area (TPSA) is 29.9 Å². The van der Waals surface area contributed by atoms with Crippen LogP contribution in [0.2, 0.25) is 0 Å². The van der Waals surface area contributed by atoms with Gasteiger partial charge in [-0.25, -0.2) is 0 Å². The molecule has 0 bridgehead atoms. The Labute approximate surface area is 95.8 Å². The SMILES string of the molecule is Nc1ccc[n+](Cc2ccccc2)c1.[Cl-]. The average molecular weight is 221 g/mol. The first kappa shape index (κ1) is 11.5. The van der Waals surface area contributed by atoms with Gasteiger partial charge in [0.05, 0.1) is 5.69 Å². The Bertz CT molecular complexity index is 415. The molecule has 0 radical (unpaired) electrons. The van der Waals surface area contributed by atoms with Crippen molar-refractivity contribution in [1.82, 2.24) is 0 Å². The fraction of sp³-hybridized carbons (Fsp3) is 0.0833. The average Bonchev–Trinajstić information content (AvgIpc) is 2.19. The Balaban J connectivity index is 0.00000112. The van der Waals surface area contributed by atoms with Crippen LogP contribution in [0.5, 0.6) is 0 Å². The highest BCUT2D eigenvalue weighted by Gasteiger charge is 2.01. The van der Waals surface area contributed by atoms with Gasteiger partial charge < -0.3 is 18.1 Å². The zero-order valence-corrected chi connectivity index (χ0v) is 9.06. The summed E-state index contributed by atoms with van der Waals surface area (Å²) in [5, 5.41) is 0. The second-order valence-electron chi connectivity index (χ2n) is 3.30. The molecule has 0 atom stereocenters. The van der Waals surface area contributed by atoms with Crippen molar-refractivity contribution in [2.45, 2.75) is 6.54 Å². The molecule has 1 aromatic carbocycles. The van der Waals surface area contributed by atoms with E-state index in [1.54, 1.807) is 0 Å². The lowest BCUT2D eigenvalue weighted by atomic mass is 10.2. The molecule has 0 saturated heterocycles. The van der Waals surface area contributed by atoms with E-state index in [0.29, 0.717) is 0 Å². The summed E-state index contributed by atoms with van der Waals surface area (Å²) in [6, 6.07) is 14.2. The maximum Gasteiger partial charge on any atom is 0.192 e. The lowest BCUT2D eigenvalue weighted by Crippen LogP contribution is -3.00. The van der Waals surface area contributed by atoms with Crippen molar-refractivity contribution < 1.29 is 17.0 Å². The minimum Gasteiger partial charge on any atom is -1.00 e. The molecule has 0 aliphatic rings. The molecule has 1 heterocycles. The fourth-order valence-corrected chi connectivity index (χ4v) is 1.43. The first-order chi connectivity index (χ1) is 6.84. The molecule has 0 saturated carbocycles. The highest BCUT2D eigenvalue weighted by Crippen LogP contribution is 1.99. The second kappa shape index (κ2) is 5.37. The van der Waals surface area contributed by atoms with Gasteiger partial charge in [-0.2, -0.15) is 4.57 Å². The van der Waals surface area contributed by atoms with Gasteiger partial charge in [0, 0.05) is 11.6 Å². The van der Waals surface area contributed by atoms with Crippen LogP contribution in [0.3, 0.4) is 0 Å². The van der Waals surface area contributed by atoms with E-state index in [9.17, 15) is 0 Å². The molecule has 0 unspecified atom stereocenters. The largest absolute Gasteiger partial charge is 1.00 e. The van der Waals surface area contributed by atoms with Gasteiger partial charge in [-0.15, -0.1) is 0 Å². The lowest BCUT2D eigenvalue weighted by molar-refractivity contribution is -0.687. The van der Waals surface area contributed by atoms with Crippen molar-refractivity contribution in [3.05, 3.63) is 60.4 Å². The summed E-state index contributed by atoms with van der Waals surface area (Å²) >= 11 is 0. The Morgan fingerprint density at radius 3 is 2.40 bits per heavy atom. The van der Waals surface area contributed by atoms with Gasteiger partial charge in [-0.3, -0.25) is 0 Å². The molecule has 15 heavy (non-hydrogen) atoms. The highest BCUT2D eigenvalue weighted by atomic mass is 35.5. The fourth-order valence-electron chi connectivity index (χ4n) is 1.43. The van der Waals surface area contributed by atoms with Crippen LogP contribution in [-0.2, 0) is 6.54 Å². The molecule has 0 amide bonds. The van der Waals surface area contributed by atoms with E-state index in [4.69, 9.17) is 5.73 Å². The molecule has 2 nitrogen and oxygen atoms in total. The smallest absolute Gasteiger partial charge is 0.192 e. The van der Waals surface area contributed by atoms with Gasteiger partial charge in [0.15, 0.2) is 18.9 Å². The minimum absolute atomic E-state index is 0. The summed E-state index contributed by atoms with van der Waals surface area (Å²) in [7, 11) is 0. The van der Waals surface area contributed by atoms with Crippen LogP contribution < -0.4 is 22.7 Å². The highest BCUT2D eigenvalue weighted by molar-refractivity contribution is 5.30. The number of halogens is 1. The van der Waals surface area contributed by atoms with Gasteiger partial charge in [0.2, 0.25) is 0 Å². The predicted molar refractivity (Wildman–Crippen MR) is 56.6 cm³/mol. The van der Waals surface area contributed by atoms with Crippen LogP contribution in [0.15, 0.2) is 54.9 Å². The van der Waals surface area contributed by atoms with Crippen LogP contribution >= 0.6 is 0 Å². The molecule has 2 aromatic rings. The number of nitrogen functional groups attached to an aromatic ring is 1. The van der Waals surface area contributed by atoms with E-state index in [0.717, 1.165) is 12.2 Å². The Hall–Kier alpha value is -1.54. The number of pyridine rings is 1. The Kier molecular flexibility index (Phi) is 4.13. The second-order valence-corrected chi connectivity index (χ2v) is 3.30. The van der Waals surface area contributed by atoms with Gasteiger partial charge in [-0.05, 0) is 6.07 Å². The Morgan fingerprint density at radius 1 is 1.00 bits per heavy atom. The van der Waals surface area contributed by atoms with E-state index >= 15 is 0 Å². The monoisotopic (exact) mass is 220 g/mol. The maximum atomic E-state index is 5.69. The number of hydrogen-bond acceptors (Lipinski definition) is 1. The molecule has 2 rings (SSSR count). The standard InChI is InChI=1S/C12H13N2.ClH/c13-12-7-4-8-14(10-12)9-11-5-2-1-3-6-11;/h1-8,10H,9,13H2;1H/q+1;/p-1. The van der Waals surface area contributed by atoms with Crippen molar-refractivity contribution in [1.29, 1.82) is 0 Å². The first-order valence-corrected chi connectivity index (χ1v) is 4.63. The molecule has 3 heteroatoms. The Morgan fingerprint density at radius 2 is 1.73 bits per heavy atom. The molecule has 78 valence electrons. The summed E-state index contributed by atoms with van der Waals surface area (Å²) in [5.41, 5.74) is 7.77. The molecule has 0 spiro atoms. The third kappa shape index (κ3) is 3.26. The zero-order chi connectivity index (χ0) is 9.80. The third-order valence-electron chi connectivity index (χ3n) is 2.09. The van der Waals surface area contributed by atoms with E-state index in [-0.39, 0.29) is 12.4 Å². The zero-order valence-electron chi connectivity index (χ0n) is 8.31. The van der Waals surface area contributed by atoms with Crippen LogP contribution in [0.4, 0.5) is 5.69 Å². The molecule has 2 N–H and O–H groups in total. The number of anilines is 1. The first-order valence-electron chi connectivity index (χ1n) is 4.63. The predicted octanol–water partition coefficient (Wildman–Crippen LogP) is -1.39.